The van der Waals surface area contributed by atoms with Gasteiger partial charge in [-0.2, -0.15) is 0 Å². The van der Waals surface area contributed by atoms with E-state index in [1.165, 1.54) is 18.4 Å². The maximum atomic E-state index is 5.41. The lowest BCUT2D eigenvalue weighted by Gasteiger charge is -2.22. The van der Waals surface area contributed by atoms with Crippen LogP contribution in [0.15, 0.2) is 29.3 Å². The summed E-state index contributed by atoms with van der Waals surface area (Å²) in [6.45, 7) is 7.74. The van der Waals surface area contributed by atoms with E-state index in [4.69, 9.17) is 4.74 Å². The molecule has 0 spiro atoms. The summed E-state index contributed by atoms with van der Waals surface area (Å²) in [5.41, 5.74) is 1.23. The first kappa shape index (κ1) is 17.6. The van der Waals surface area contributed by atoms with Crippen molar-refractivity contribution in [2.75, 3.05) is 33.8 Å². The van der Waals surface area contributed by atoms with Gasteiger partial charge in [0.15, 0.2) is 5.96 Å². The van der Waals surface area contributed by atoms with Gasteiger partial charge in [-0.15, -0.1) is 0 Å². The van der Waals surface area contributed by atoms with Gasteiger partial charge in [-0.1, -0.05) is 32.0 Å². The highest BCUT2D eigenvalue weighted by Crippen LogP contribution is 2.23. The molecule has 1 fully saturated rings. The Morgan fingerprint density at radius 1 is 1.39 bits per heavy atom. The molecule has 1 heterocycles. The monoisotopic (exact) mass is 317 g/mol. The van der Waals surface area contributed by atoms with Crippen LogP contribution in [0.4, 0.5) is 0 Å². The van der Waals surface area contributed by atoms with E-state index in [9.17, 15) is 0 Å². The van der Waals surface area contributed by atoms with Crippen molar-refractivity contribution < 1.29 is 4.74 Å². The third-order valence-electron chi connectivity index (χ3n) is 4.47. The quantitative estimate of drug-likeness (QED) is 0.647. The molecule has 0 bridgehead atoms. The maximum absolute atomic E-state index is 5.41. The molecule has 1 unspecified atom stereocenters. The van der Waals surface area contributed by atoms with Crippen LogP contribution in [0.1, 0.15) is 32.3 Å². The van der Waals surface area contributed by atoms with Crippen LogP contribution in [0.25, 0.3) is 0 Å². The Kier molecular flexibility index (Phi) is 6.75. The summed E-state index contributed by atoms with van der Waals surface area (Å²) in [6, 6.07) is 8.20. The van der Waals surface area contributed by atoms with Crippen molar-refractivity contribution in [3.63, 3.8) is 0 Å². The van der Waals surface area contributed by atoms with E-state index < -0.39 is 0 Å². The van der Waals surface area contributed by atoms with Gasteiger partial charge in [-0.3, -0.25) is 4.99 Å². The molecular formula is C19H31N3O. The molecule has 1 saturated heterocycles. The summed E-state index contributed by atoms with van der Waals surface area (Å²) in [7, 11) is 3.60. The molecule has 0 radical (unpaired) electrons. The summed E-state index contributed by atoms with van der Waals surface area (Å²) < 4.78 is 5.41. The Balaban J connectivity index is 1.82. The number of hydrogen-bond donors (Lipinski definition) is 1. The van der Waals surface area contributed by atoms with Gasteiger partial charge in [0.05, 0.1) is 7.11 Å². The Morgan fingerprint density at radius 2 is 2.17 bits per heavy atom. The van der Waals surface area contributed by atoms with Crippen LogP contribution in [0.5, 0.6) is 5.75 Å². The van der Waals surface area contributed by atoms with E-state index in [1.54, 1.807) is 7.11 Å². The van der Waals surface area contributed by atoms with Gasteiger partial charge in [-0.05, 0) is 42.7 Å². The lowest BCUT2D eigenvalue weighted by atomic mass is 9.97. The number of ether oxygens (including phenoxy) is 1. The molecule has 1 aromatic carbocycles. The molecule has 128 valence electrons. The summed E-state index contributed by atoms with van der Waals surface area (Å²) in [5.74, 6) is 3.58. The number of methoxy groups -OCH3 is 1. The fraction of sp³-hybridized carbons (Fsp3) is 0.632. The zero-order valence-corrected chi connectivity index (χ0v) is 15.0. The average molecular weight is 317 g/mol. The van der Waals surface area contributed by atoms with Crippen LogP contribution in [-0.4, -0.2) is 44.7 Å². The normalized spacial score (nSPS) is 18.6. The van der Waals surface area contributed by atoms with Crippen LogP contribution in [-0.2, 0) is 6.42 Å². The van der Waals surface area contributed by atoms with Crippen LogP contribution in [0.2, 0.25) is 0 Å². The highest BCUT2D eigenvalue weighted by molar-refractivity contribution is 5.80. The molecule has 23 heavy (non-hydrogen) atoms. The first-order valence-electron chi connectivity index (χ1n) is 8.71. The van der Waals surface area contributed by atoms with E-state index in [2.05, 4.69) is 41.2 Å². The van der Waals surface area contributed by atoms with Gasteiger partial charge in [0, 0.05) is 26.7 Å². The number of hydrogen-bond acceptors (Lipinski definition) is 2. The first-order chi connectivity index (χ1) is 11.1. The minimum Gasteiger partial charge on any atom is -0.496 e. The Bertz CT molecular complexity index is 513. The van der Waals surface area contributed by atoms with Gasteiger partial charge in [0.1, 0.15) is 5.75 Å². The average Bonchev–Trinajstić information content (AvgIpc) is 2.99. The smallest absolute Gasteiger partial charge is 0.193 e. The number of para-hydroxylation sites is 1. The second kappa shape index (κ2) is 8.80. The molecule has 1 atom stereocenters. The Morgan fingerprint density at radius 3 is 2.87 bits per heavy atom. The second-order valence-corrected chi connectivity index (χ2v) is 6.77. The summed E-state index contributed by atoms with van der Waals surface area (Å²) in [4.78, 5) is 6.86. The largest absolute Gasteiger partial charge is 0.496 e. The number of aliphatic imine (C=N–C) groups is 1. The maximum Gasteiger partial charge on any atom is 0.193 e. The second-order valence-electron chi connectivity index (χ2n) is 6.77. The number of nitrogens with zero attached hydrogens (tertiary/aromatic N) is 2. The SMILES string of the molecule is CN=C(NCCc1ccccc1OC)N1CCC(CC(C)C)C1. The van der Waals surface area contributed by atoms with Gasteiger partial charge in [0.2, 0.25) is 0 Å². The van der Waals surface area contributed by atoms with Crippen molar-refractivity contribution >= 4 is 5.96 Å². The molecule has 0 aromatic heterocycles. The molecule has 0 saturated carbocycles. The molecule has 4 nitrogen and oxygen atoms in total. The topological polar surface area (TPSA) is 36.9 Å². The zero-order chi connectivity index (χ0) is 16.7. The number of rotatable bonds is 6. The molecule has 2 rings (SSSR count). The van der Waals surface area contributed by atoms with Crippen molar-refractivity contribution in [2.45, 2.75) is 33.1 Å². The molecule has 1 N–H and O–H groups in total. The molecule has 0 amide bonds. The molecule has 1 aromatic rings. The van der Waals surface area contributed by atoms with Crippen LogP contribution in [0.3, 0.4) is 0 Å². The van der Waals surface area contributed by atoms with Crippen molar-refractivity contribution in [1.82, 2.24) is 10.2 Å². The van der Waals surface area contributed by atoms with Crippen LogP contribution < -0.4 is 10.1 Å². The first-order valence-corrected chi connectivity index (χ1v) is 8.71. The Hall–Kier alpha value is -1.71. The predicted molar refractivity (Wildman–Crippen MR) is 97.2 cm³/mol. The number of likely N-dealkylation sites (tertiary alicyclic amines) is 1. The molecule has 0 aliphatic carbocycles. The van der Waals surface area contributed by atoms with Crippen molar-refractivity contribution in [1.29, 1.82) is 0 Å². The van der Waals surface area contributed by atoms with E-state index in [-0.39, 0.29) is 0 Å². The van der Waals surface area contributed by atoms with Crippen LogP contribution in [0, 0.1) is 11.8 Å². The molecule has 1 aliphatic heterocycles. The highest BCUT2D eigenvalue weighted by atomic mass is 16.5. The third-order valence-corrected chi connectivity index (χ3v) is 4.47. The van der Waals surface area contributed by atoms with Crippen molar-refractivity contribution in [3.8, 4) is 5.75 Å². The standard InChI is InChI=1S/C19H31N3O/c1-15(2)13-16-10-12-22(14-16)19(20-3)21-11-9-17-7-5-6-8-18(17)23-4/h5-8,15-16H,9-14H2,1-4H3,(H,20,21). The zero-order valence-electron chi connectivity index (χ0n) is 15.0. The molecule has 4 heteroatoms. The summed E-state index contributed by atoms with van der Waals surface area (Å²) in [5, 5.41) is 3.51. The van der Waals surface area contributed by atoms with E-state index in [0.29, 0.717) is 0 Å². The van der Waals surface area contributed by atoms with Gasteiger partial charge in [-0.25, -0.2) is 0 Å². The van der Waals surface area contributed by atoms with Gasteiger partial charge < -0.3 is 15.0 Å². The lowest BCUT2D eigenvalue weighted by molar-refractivity contribution is 0.402. The number of benzene rings is 1. The Labute approximate surface area is 140 Å². The number of guanidine groups is 1. The summed E-state index contributed by atoms with van der Waals surface area (Å²) >= 11 is 0. The number of nitrogens with one attached hydrogen (secondary N) is 1. The fourth-order valence-corrected chi connectivity index (χ4v) is 3.43. The lowest BCUT2D eigenvalue weighted by Crippen LogP contribution is -2.40. The van der Waals surface area contributed by atoms with Crippen LogP contribution >= 0.6 is 0 Å². The predicted octanol–water partition coefficient (Wildman–Crippen LogP) is 3.18. The minimum absolute atomic E-state index is 0.778. The van der Waals surface area contributed by atoms with E-state index in [0.717, 1.165) is 49.6 Å². The molecular weight excluding hydrogens is 286 g/mol. The highest BCUT2D eigenvalue weighted by Gasteiger charge is 2.25. The van der Waals surface area contributed by atoms with Crippen molar-refractivity contribution in [2.24, 2.45) is 16.8 Å². The summed E-state index contributed by atoms with van der Waals surface area (Å²) in [6.07, 6.45) is 3.53. The van der Waals surface area contributed by atoms with Gasteiger partial charge in [0.25, 0.3) is 0 Å². The van der Waals surface area contributed by atoms with E-state index in [1.807, 2.05) is 19.2 Å². The fourth-order valence-electron chi connectivity index (χ4n) is 3.43. The van der Waals surface area contributed by atoms with Crippen molar-refractivity contribution in [3.05, 3.63) is 29.8 Å². The van der Waals surface area contributed by atoms with E-state index >= 15 is 0 Å². The minimum atomic E-state index is 0.778. The van der Waals surface area contributed by atoms with Gasteiger partial charge >= 0.3 is 0 Å². The molecule has 1 aliphatic rings. The third kappa shape index (κ3) is 5.15.